The summed E-state index contributed by atoms with van der Waals surface area (Å²) in [6.45, 7) is 7.24. The number of quaternary nitrogens is 1. The summed E-state index contributed by atoms with van der Waals surface area (Å²) in [6, 6.07) is 10.4. The molecule has 2 atom stereocenters. The van der Waals surface area contributed by atoms with Crippen LogP contribution in [-0.4, -0.2) is 50.9 Å². The first-order valence-electron chi connectivity index (χ1n) is 11.3. The molecule has 1 aliphatic heterocycles. The molecule has 1 aliphatic rings. The lowest BCUT2D eigenvalue weighted by atomic mass is 9.90. The number of hydrogen-bond acceptors (Lipinski definition) is 7. The van der Waals surface area contributed by atoms with Crippen molar-refractivity contribution < 1.29 is 24.2 Å². The van der Waals surface area contributed by atoms with Crippen LogP contribution in [0.1, 0.15) is 33.6 Å². The van der Waals surface area contributed by atoms with E-state index in [1.807, 2.05) is 39.0 Å². The minimum absolute atomic E-state index is 0.00226. The number of fused-ring (bicyclic) bond motifs is 1. The smallest absolute Gasteiger partial charge is 0.257 e. The Morgan fingerprint density at radius 1 is 1.29 bits per heavy atom. The minimum Gasteiger partial charge on any atom is -0.506 e. The van der Waals surface area contributed by atoms with Gasteiger partial charge in [0.25, 0.3) is 6.09 Å². The lowest BCUT2D eigenvalue weighted by Gasteiger charge is -2.51. The Labute approximate surface area is 203 Å². The lowest BCUT2D eigenvalue weighted by Crippen LogP contribution is -2.71. The molecular weight excluding hydrogens is 456 g/mol. The summed E-state index contributed by atoms with van der Waals surface area (Å²) in [5, 5.41) is 26.0. The van der Waals surface area contributed by atoms with Crippen molar-refractivity contribution >= 4 is 40.1 Å². The number of benzene rings is 2. The van der Waals surface area contributed by atoms with E-state index < -0.39 is 11.6 Å². The van der Waals surface area contributed by atoms with Crippen LogP contribution in [0.15, 0.2) is 42.7 Å². The number of nitrogens with one attached hydrogen (secondary N) is 1. The van der Waals surface area contributed by atoms with Crippen molar-refractivity contribution in [2.24, 2.45) is 5.92 Å². The molecule has 1 aromatic heterocycles. The van der Waals surface area contributed by atoms with Crippen LogP contribution in [0.4, 0.5) is 16.3 Å². The van der Waals surface area contributed by atoms with Crippen LogP contribution in [0.3, 0.4) is 0 Å². The van der Waals surface area contributed by atoms with E-state index in [9.17, 15) is 15.0 Å². The number of phenols is 1. The van der Waals surface area contributed by atoms with Gasteiger partial charge in [0.2, 0.25) is 0 Å². The van der Waals surface area contributed by atoms with Gasteiger partial charge in [-0.1, -0.05) is 17.7 Å². The maximum absolute atomic E-state index is 12.2. The molecule has 2 heterocycles. The highest BCUT2D eigenvalue weighted by atomic mass is 35.5. The average molecular weight is 485 g/mol. The molecule has 2 aromatic carbocycles. The maximum atomic E-state index is 12.2. The second-order valence-corrected chi connectivity index (χ2v) is 10.2. The largest absolute Gasteiger partial charge is 0.506 e. The Bertz CT molecular complexity index is 1210. The van der Waals surface area contributed by atoms with Gasteiger partial charge >= 0.3 is 0 Å². The lowest BCUT2D eigenvalue weighted by molar-refractivity contribution is -0.927. The summed E-state index contributed by atoms with van der Waals surface area (Å²) in [6.07, 6.45) is 2.12. The summed E-state index contributed by atoms with van der Waals surface area (Å²) in [7, 11) is 0. The van der Waals surface area contributed by atoms with Crippen LogP contribution in [0.2, 0.25) is 5.02 Å². The van der Waals surface area contributed by atoms with E-state index >= 15 is 0 Å². The molecule has 34 heavy (non-hydrogen) atoms. The van der Waals surface area contributed by atoms with Crippen molar-refractivity contribution in [1.82, 2.24) is 9.97 Å². The van der Waals surface area contributed by atoms with E-state index in [0.29, 0.717) is 47.9 Å². The van der Waals surface area contributed by atoms with Crippen LogP contribution < -0.4 is 15.2 Å². The number of piperidine rings is 1. The molecule has 8 nitrogen and oxygen atoms in total. The molecule has 0 bridgehead atoms. The van der Waals surface area contributed by atoms with Crippen molar-refractivity contribution in [2.45, 2.75) is 39.2 Å². The number of ether oxygens (including phenoxy) is 1. The molecule has 3 aromatic rings. The number of carbonyl (C=O) groups excluding carboxylic acids is 1. The molecule has 0 aliphatic carbocycles. The van der Waals surface area contributed by atoms with Gasteiger partial charge in [-0.05, 0) is 63.9 Å². The normalized spacial score (nSPS) is 20.8. The number of carboxylic acid groups (broad SMARTS) is 1. The standard InChI is InChI=1S/C25H29ClN4O4/c1-25(2,3)30(24(32)33)11-5-6-16(13-30)14-34-21-8-4-7-19-22(21)23(28-15-27-19)29-17-9-10-20(31)18(26)12-17/h4,7-10,12,15-16H,5-6,11,13-14H2,1-3H3,(H2-,27,28,29,31,32,33)/t16-,30?/m1/s1. The second kappa shape index (κ2) is 9.27. The van der Waals surface area contributed by atoms with Gasteiger partial charge in [-0.25, -0.2) is 9.97 Å². The van der Waals surface area contributed by atoms with Gasteiger partial charge in [0.05, 0.1) is 41.2 Å². The number of aromatic nitrogens is 2. The van der Waals surface area contributed by atoms with E-state index in [0.717, 1.165) is 12.8 Å². The fourth-order valence-corrected chi connectivity index (χ4v) is 4.86. The predicted molar refractivity (Wildman–Crippen MR) is 129 cm³/mol. The van der Waals surface area contributed by atoms with Crippen molar-refractivity contribution in [2.75, 3.05) is 25.0 Å². The number of aromatic hydroxyl groups is 1. The van der Waals surface area contributed by atoms with Gasteiger partial charge in [0.15, 0.2) is 0 Å². The zero-order valence-corrected chi connectivity index (χ0v) is 20.3. The number of nitrogens with zero attached hydrogens (tertiary/aromatic N) is 3. The Hall–Kier alpha value is -3.10. The number of halogens is 1. The first-order chi connectivity index (χ1) is 16.1. The molecule has 2 N–H and O–H groups in total. The number of amides is 1. The van der Waals surface area contributed by atoms with Crippen LogP contribution in [0, 0.1) is 5.92 Å². The van der Waals surface area contributed by atoms with Gasteiger partial charge in [-0.15, -0.1) is 0 Å². The van der Waals surface area contributed by atoms with Gasteiger partial charge in [0, 0.05) is 11.6 Å². The van der Waals surface area contributed by atoms with Gasteiger partial charge in [0.1, 0.15) is 23.6 Å². The van der Waals surface area contributed by atoms with E-state index in [1.54, 1.807) is 12.1 Å². The summed E-state index contributed by atoms with van der Waals surface area (Å²) in [5.74, 6) is 1.22. The first-order valence-corrected chi connectivity index (χ1v) is 11.7. The highest BCUT2D eigenvalue weighted by Crippen LogP contribution is 2.36. The van der Waals surface area contributed by atoms with E-state index in [4.69, 9.17) is 16.3 Å². The topological polar surface area (TPSA) is 107 Å². The molecule has 0 spiro atoms. The molecule has 0 saturated carbocycles. The predicted octanol–water partition coefficient (Wildman–Crippen LogP) is 4.48. The van der Waals surface area contributed by atoms with Crippen molar-refractivity contribution in [3.05, 3.63) is 47.7 Å². The SMILES string of the molecule is CC(C)(C)[N+]1(C(=O)[O-])CCC[C@@H](COc2cccc3ncnc(Nc4ccc(O)c(Cl)c4)c23)C1. The number of rotatable bonds is 5. The zero-order valence-electron chi connectivity index (χ0n) is 19.5. The quantitative estimate of drug-likeness (QED) is 0.406. The third kappa shape index (κ3) is 4.60. The monoisotopic (exact) mass is 484 g/mol. The highest BCUT2D eigenvalue weighted by Gasteiger charge is 2.46. The van der Waals surface area contributed by atoms with Crippen LogP contribution >= 0.6 is 11.6 Å². The first kappa shape index (κ1) is 24.0. The third-order valence-electron chi connectivity index (χ3n) is 6.67. The highest BCUT2D eigenvalue weighted by molar-refractivity contribution is 6.32. The molecule has 1 unspecified atom stereocenters. The number of hydrogen-bond donors (Lipinski definition) is 2. The molecule has 9 heteroatoms. The number of carbonyl (C=O) groups is 1. The van der Waals surface area contributed by atoms with E-state index in [1.165, 1.54) is 12.4 Å². The zero-order chi connectivity index (χ0) is 24.5. The number of phenolic OH excluding ortho intramolecular Hbond substituents is 1. The molecule has 1 saturated heterocycles. The Balaban J connectivity index is 1.59. The summed E-state index contributed by atoms with van der Waals surface area (Å²) < 4.78 is 6.18. The van der Waals surface area contributed by atoms with E-state index in [2.05, 4.69) is 15.3 Å². The maximum Gasteiger partial charge on any atom is 0.257 e. The number of anilines is 2. The fraction of sp³-hybridized carbons (Fsp3) is 0.400. The van der Waals surface area contributed by atoms with Crippen LogP contribution in [0.25, 0.3) is 10.9 Å². The van der Waals surface area contributed by atoms with Gasteiger partial charge in [-0.3, -0.25) is 4.48 Å². The third-order valence-corrected chi connectivity index (χ3v) is 6.97. The van der Waals surface area contributed by atoms with Crippen LogP contribution in [-0.2, 0) is 0 Å². The Morgan fingerprint density at radius 2 is 2.09 bits per heavy atom. The molecule has 1 fully saturated rings. The van der Waals surface area contributed by atoms with Crippen molar-refractivity contribution in [1.29, 1.82) is 0 Å². The van der Waals surface area contributed by atoms with E-state index in [-0.39, 0.29) is 21.2 Å². The van der Waals surface area contributed by atoms with Crippen molar-refractivity contribution in [3.63, 3.8) is 0 Å². The summed E-state index contributed by atoms with van der Waals surface area (Å²) in [5.41, 5.74) is 0.900. The molecular formula is C25H29ClN4O4. The summed E-state index contributed by atoms with van der Waals surface area (Å²) >= 11 is 6.05. The molecule has 4 rings (SSSR count). The Morgan fingerprint density at radius 3 is 2.79 bits per heavy atom. The molecule has 180 valence electrons. The summed E-state index contributed by atoms with van der Waals surface area (Å²) in [4.78, 5) is 20.9. The van der Waals surface area contributed by atoms with Crippen LogP contribution in [0.5, 0.6) is 11.5 Å². The second-order valence-electron chi connectivity index (χ2n) is 9.79. The Kier molecular flexibility index (Phi) is 6.55. The molecule has 1 amide bonds. The van der Waals surface area contributed by atoms with Gasteiger partial charge < -0.3 is 25.1 Å². The van der Waals surface area contributed by atoms with Gasteiger partial charge in [-0.2, -0.15) is 0 Å². The average Bonchev–Trinajstić information content (AvgIpc) is 2.79. The fourth-order valence-electron chi connectivity index (χ4n) is 4.68. The molecule has 0 radical (unpaired) electrons. The number of likely N-dealkylation sites (tertiary alicyclic amines) is 1. The minimum atomic E-state index is -1.03. The van der Waals surface area contributed by atoms with Crippen molar-refractivity contribution in [3.8, 4) is 11.5 Å².